The molecule has 5 heteroatoms. The van der Waals surface area contributed by atoms with E-state index in [0.29, 0.717) is 22.1 Å². The average Bonchev–Trinajstić information content (AvgIpc) is 2.34. The maximum atomic E-state index is 12.0. The highest BCUT2D eigenvalue weighted by atomic mass is 35.5. The van der Waals surface area contributed by atoms with Crippen LogP contribution < -0.4 is 11.1 Å². The van der Waals surface area contributed by atoms with Gasteiger partial charge in [-0.3, -0.25) is 4.79 Å². The van der Waals surface area contributed by atoms with Crippen LogP contribution in [0, 0.1) is 6.92 Å². The summed E-state index contributed by atoms with van der Waals surface area (Å²) in [5.74, 6) is 0.137. The number of carbonyl (C=O) groups excluding carboxylic acids is 1. The summed E-state index contributed by atoms with van der Waals surface area (Å²) < 4.78 is 0. The van der Waals surface area contributed by atoms with Crippen LogP contribution in [-0.2, 0) is 0 Å². The first kappa shape index (κ1) is 12.4. The summed E-state index contributed by atoms with van der Waals surface area (Å²) in [6.45, 7) is 1.90. The molecule has 0 spiro atoms. The Morgan fingerprint density at radius 2 is 2.11 bits per heavy atom. The second-order valence-corrected chi connectivity index (χ2v) is 4.32. The highest BCUT2D eigenvalue weighted by Crippen LogP contribution is 2.20. The Morgan fingerprint density at radius 3 is 2.78 bits per heavy atom. The van der Waals surface area contributed by atoms with Gasteiger partial charge < -0.3 is 11.1 Å². The molecule has 1 heterocycles. The van der Waals surface area contributed by atoms with Crippen molar-refractivity contribution in [3.63, 3.8) is 0 Å². The number of aryl methyl sites for hydroxylation is 1. The molecule has 1 aromatic carbocycles. The van der Waals surface area contributed by atoms with E-state index in [0.717, 1.165) is 5.56 Å². The number of anilines is 2. The summed E-state index contributed by atoms with van der Waals surface area (Å²) in [5, 5.41) is 3.36. The van der Waals surface area contributed by atoms with Gasteiger partial charge in [-0.05, 0) is 36.8 Å². The normalized spacial score (nSPS) is 10.1. The molecular formula is C13H12ClN3O. The summed E-state index contributed by atoms with van der Waals surface area (Å²) in [4.78, 5) is 15.8. The molecule has 1 aromatic heterocycles. The number of nitrogens with two attached hydrogens (primary N) is 1. The molecule has 0 atom stereocenters. The van der Waals surface area contributed by atoms with E-state index in [1.54, 1.807) is 24.3 Å². The summed E-state index contributed by atoms with van der Waals surface area (Å²) in [6.07, 6.45) is 1.44. The first-order valence-corrected chi connectivity index (χ1v) is 5.73. The summed E-state index contributed by atoms with van der Waals surface area (Å²) in [7, 11) is 0. The van der Waals surface area contributed by atoms with Crippen molar-refractivity contribution in [1.82, 2.24) is 4.98 Å². The van der Waals surface area contributed by atoms with Crippen molar-refractivity contribution in [2.24, 2.45) is 0 Å². The van der Waals surface area contributed by atoms with Gasteiger partial charge in [0, 0.05) is 16.9 Å². The zero-order chi connectivity index (χ0) is 13.1. The van der Waals surface area contributed by atoms with Gasteiger partial charge in [-0.1, -0.05) is 17.7 Å². The fourth-order valence-corrected chi connectivity index (χ4v) is 1.64. The lowest BCUT2D eigenvalue weighted by Crippen LogP contribution is -2.13. The highest BCUT2D eigenvalue weighted by molar-refractivity contribution is 6.31. The lowest BCUT2D eigenvalue weighted by molar-refractivity contribution is 0.102. The van der Waals surface area contributed by atoms with Crippen LogP contribution in [0.5, 0.6) is 0 Å². The second-order valence-electron chi connectivity index (χ2n) is 3.89. The average molecular weight is 262 g/mol. The van der Waals surface area contributed by atoms with Crippen molar-refractivity contribution < 1.29 is 4.79 Å². The SMILES string of the molecule is Cc1ccc(Cl)cc1NC(=O)c1ccc(N)nc1. The van der Waals surface area contributed by atoms with Gasteiger partial charge in [0.2, 0.25) is 0 Å². The van der Waals surface area contributed by atoms with E-state index in [-0.39, 0.29) is 5.91 Å². The van der Waals surface area contributed by atoms with Crippen LogP contribution in [0.15, 0.2) is 36.5 Å². The number of benzene rings is 1. The predicted molar refractivity (Wildman–Crippen MR) is 72.8 cm³/mol. The molecule has 0 aliphatic rings. The number of carbonyl (C=O) groups is 1. The van der Waals surface area contributed by atoms with Crippen LogP contribution in [0.2, 0.25) is 5.02 Å². The first-order valence-electron chi connectivity index (χ1n) is 5.35. The summed E-state index contributed by atoms with van der Waals surface area (Å²) in [5.41, 5.74) is 7.54. The standard InChI is InChI=1S/C13H12ClN3O/c1-8-2-4-10(14)6-11(8)17-13(18)9-3-5-12(15)16-7-9/h2-7H,1H3,(H2,15,16)(H,17,18). The number of hydrogen-bond acceptors (Lipinski definition) is 3. The number of halogens is 1. The van der Waals surface area contributed by atoms with Crippen molar-refractivity contribution >= 4 is 29.0 Å². The second kappa shape index (κ2) is 5.06. The molecule has 2 rings (SSSR count). The van der Waals surface area contributed by atoms with Gasteiger partial charge in [0.15, 0.2) is 0 Å². The van der Waals surface area contributed by atoms with Crippen molar-refractivity contribution in [1.29, 1.82) is 0 Å². The van der Waals surface area contributed by atoms with E-state index >= 15 is 0 Å². The van der Waals surface area contributed by atoms with Gasteiger partial charge in [0.25, 0.3) is 5.91 Å². The third-order valence-electron chi connectivity index (χ3n) is 2.50. The van der Waals surface area contributed by atoms with E-state index < -0.39 is 0 Å². The topological polar surface area (TPSA) is 68.0 Å². The van der Waals surface area contributed by atoms with E-state index in [2.05, 4.69) is 10.3 Å². The van der Waals surface area contributed by atoms with E-state index in [1.807, 2.05) is 13.0 Å². The molecule has 2 aromatic rings. The molecule has 0 bridgehead atoms. The predicted octanol–water partition coefficient (Wildman–Crippen LogP) is 2.88. The van der Waals surface area contributed by atoms with Crippen molar-refractivity contribution in [2.45, 2.75) is 6.92 Å². The van der Waals surface area contributed by atoms with Crippen LogP contribution in [-0.4, -0.2) is 10.9 Å². The lowest BCUT2D eigenvalue weighted by Gasteiger charge is -2.08. The molecule has 0 fully saturated rings. The molecule has 0 aliphatic heterocycles. The van der Waals surface area contributed by atoms with Gasteiger partial charge in [0.1, 0.15) is 5.82 Å². The Balaban J connectivity index is 2.21. The number of nitrogens with one attached hydrogen (secondary N) is 1. The summed E-state index contributed by atoms with van der Waals surface area (Å²) >= 11 is 5.89. The molecular weight excluding hydrogens is 250 g/mol. The zero-order valence-corrected chi connectivity index (χ0v) is 10.5. The number of amides is 1. The monoisotopic (exact) mass is 261 g/mol. The lowest BCUT2D eigenvalue weighted by atomic mass is 10.2. The van der Waals surface area contributed by atoms with Crippen molar-refractivity contribution in [3.05, 3.63) is 52.7 Å². The Hall–Kier alpha value is -2.07. The Bertz CT molecular complexity index is 581. The maximum Gasteiger partial charge on any atom is 0.257 e. The molecule has 0 radical (unpaired) electrons. The molecule has 0 saturated carbocycles. The Morgan fingerprint density at radius 1 is 1.33 bits per heavy atom. The van der Waals surface area contributed by atoms with Gasteiger partial charge in [-0.2, -0.15) is 0 Å². The number of pyridine rings is 1. The van der Waals surface area contributed by atoms with Crippen molar-refractivity contribution in [3.8, 4) is 0 Å². The molecule has 4 nitrogen and oxygen atoms in total. The number of nitrogen functional groups attached to an aromatic ring is 1. The third kappa shape index (κ3) is 2.78. The molecule has 0 saturated heterocycles. The Labute approximate surface area is 110 Å². The Kier molecular flexibility index (Phi) is 3.48. The molecule has 1 amide bonds. The molecule has 0 aliphatic carbocycles. The van der Waals surface area contributed by atoms with Crippen molar-refractivity contribution in [2.75, 3.05) is 11.1 Å². The van der Waals surface area contributed by atoms with Crippen LogP contribution in [0.3, 0.4) is 0 Å². The van der Waals surface area contributed by atoms with E-state index in [4.69, 9.17) is 17.3 Å². The fraction of sp³-hybridized carbons (Fsp3) is 0.0769. The largest absolute Gasteiger partial charge is 0.384 e. The van der Waals surface area contributed by atoms with E-state index in [9.17, 15) is 4.79 Å². The molecule has 0 unspecified atom stereocenters. The maximum absolute atomic E-state index is 12.0. The minimum absolute atomic E-state index is 0.243. The quantitative estimate of drug-likeness (QED) is 0.873. The van der Waals surface area contributed by atoms with Gasteiger partial charge in [-0.15, -0.1) is 0 Å². The smallest absolute Gasteiger partial charge is 0.257 e. The molecule has 92 valence electrons. The fourth-order valence-electron chi connectivity index (χ4n) is 1.46. The van der Waals surface area contributed by atoms with E-state index in [1.165, 1.54) is 6.20 Å². The number of rotatable bonds is 2. The third-order valence-corrected chi connectivity index (χ3v) is 2.73. The molecule has 18 heavy (non-hydrogen) atoms. The van der Waals surface area contributed by atoms with Crippen LogP contribution in [0.4, 0.5) is 11.5 Å². The minimum Gasteiger partial charge on any atom is -0.384 e. The van der Waals surface area contributed by atoms with Gasteiger partial charge >= 0.3 is 0 Å². The van der Waals surface area contributed by atoms with Crippen LogP contribution in [0.1, 0.15) is 15.9 Å². The first-order chi connectivity index (χ1) is 8.56. The number of hydrogen-bond donors (Lipinski definition) is 2. The molecule has 3 N–H and O–H groups in total. The van der Waals surface area contributed by atoms with Gasteiger partial charge in [0.05, 0.1) is 5.56 Å². The number of nitrogens with zero attached hydrogens (tertiary/aromatic N) is 1. The highest BCUT2D eigenvalue weighted by Gasteiger charge is 2.08. The number of aromatic nitrogens is 1. The zero-order valence-electron chi connectivity index (χ0n) is 9.77. The van der Waals surface area contributed by atoms with Gasteiger partial charge in [-0.25, -0.2) is 4.98 Å². The van der Waals surface area contributed by atoms with Crippen LogP contribution in [0.25, 0.3) is 0 Å². The van der Waals surface area contributed by atoms with Crippen LogP contribution >= 0.6 is 11.6 Å². The minimum atomic E-state index is -0.243. The summed E-state index contributed by atoms with van der Waals surface area (Å²) in [6, 6.07) is 8.54.